The van der Waals surface area contributed by atoms with Crippen LogP contribution in [-0.2, 0) is 9.47 Å². The summed E-state index contributed by atoms with van der Waals surface area (Å²) < 4.78 is 12.2. The standard InChI is InChI=1S/C24H23Cl2N3O4/c1-2-32-24(31)21-13-22(19-10-7-16(25)12-20(19)26)29(28-21)17-8-5-15(6-9-17)23(30)27-14-18-4-3-11-33-18/h5-10,12-13,18H,2-4,11,14H2,1H3,(H,27,30)/t18-/m1/s1. The lowest BCUT2D eigenvalue weighted by molar-refractivity contribution is 0.0519. The maximum Gasteiger partial charge on any atom is 0.358 e. The number of ether oxygens (including phenoxy) is 2. The highest BCUT2D eigenvalue weighted by atomic mass is 35.5. The molecule has 1 atom stereocenters. The molecule has 7 nitrogen and oxygen atoms in total. The third-order valence-corrected chi connectivity index (χ3v) is 5.84. The average Bonchev–Trinajstić information content (AvgIpc) is 3.48. The van der Waals surface area contributed by atoms with Crippen LogP contribution in [0.1, 0.15) is 40.6 Å². The first-order valence-electron chi connectivity index (χ1n) is 10.7. The van der Waals surface area contributed by atoms with E-state index in [-0.39, 0.29) is 24.3 Å². The largest absolute Gasteiger partial charge is 0.461 e. The van der Waals surface area contributed by atoms with Crippen LogP contribution in [0.4, 0.5) is 0 Å². The van der Waals surface area contributed by atoms with E-state index in [1.807, 2.05) is 0 Å². The van der Waals surface area contributed by atoms with Crippen molar-refractivity contribution in [2.24, 2.45) is 0 Å². The second kappa shape index (κ2) is 10.4. The molecule has 2 heterocycles. The van der Waals surface area contributed by atoms with Crippen molar-refractivity contribution in [1.29, 1.82) is 0 Å². The smallest absolute Gasteiger partial charge is 0.358 e. The van der Waals surface area contributed by atoms with Crippen LogP contribution in [0.5, 0.6) is 0 Å². The van der Waals surface area contributed by atoms with Gasteiger partial charge in [-0.1, -0.05) is 23.2 Å². The highest BCUT2D eigenvalue weighted by molar-refractivity contribution is 6.36. The maximum atomic E-state index is 12.5. The summed E-state index contributed by atoms with van der Waals surface area (Å²) in [5.41, 5.74) is 2.57. The van der Waals surface area contributed by atoms with Gasteiger partial charge in [0.2, 0.25) is 0 Å². The fraction of sp³-hybridized carbons (Fsp3) is 0.292. The maximum absolute atomic E-state index is 12.5. The molecule has 1 amide bonds. The van der Waals surface area contributed by atoms with E-state index in [9.17, 15) is 9.59 Å². The molecule has 4 rings (SSSR count). The Hall–Kier alpha value is -2.87. The quantitative estimate of drug-likeness (QED) is 0.477. The van der Waals surface area contributed by atoms with Crippen LogP contribution in [-0.4, -0.2) is 47.5 Å². The van der Waals surface area contributed by atoms with Crippen LogP contribution in [0.15, 0.2) is 48.5 Å². The number of hydrogen-bond acceptors (Lipinski definition) is 5. The molecule has 1 fully saturated rings. The third-order valence-electron chi connectivity index (χ3n) is 5.29. The van der Waals surface area contributed by atoms with Gasteiger partial charge in [-0.05, 0) is 68.3 Å². The van der Waals surface area contributed by atoms with E-state index in [0.29, 0.717) is 39.1 Å². The predicted octanol–water partition coefficient (Wildman–Crippen LogP) is 4.93. The topological polar surface area (TPSA) is 82.5 Å². The zero-order valence-corrected chi connectivity index (χ0v) is 19.5. The summed E-state index contributed by atoms with van der Waals surface area (Å²) in [6, 6.07) is 13.7. The van der Waals surface area contributed by atoms with Crippen molar-refractivity contribution in [3.63, 3.8) is 0 Å². The number of halogens is 2. The summed E-state index contributed by atoms with van der Waals surface area (Å²) >= 11 is 12.5. The summed E-state index contributed by atoms with van der Waals surface area (Å²) in [7, 11) is 0. The second-order valence-electron chi connectivity index (χ2n) is 7.56. The molecule has 3 aromatic rings. The van der Waals surface area contributed by atoms with Crippen molar-refractivity contribution in [3.8, 4) is 16.9 Å². The van der Waals surface area contributed by atoms with Gasteiger partial charge in [-0.3, -0.25) is 4.79 Å². The number of amides is 1. The molecule has 1 saturated heterocycles. The Kier molecular flexibility index (Phi) is 7.33. The van der Waals surface area contributed by atoms with E-state index in [0.717, 1.165) is 19.4 Å². The van der Waals surface area contributed by atoms with Gasteiger partial charge < -0.3 is 14.8 Å². The van der Waals surface area contributed by atoms with Gasteiger partial charge in [0.25, 0.3) is 5.91 Å². The van der Waals surface area contributed by atoms with Gasteiger partial charge in [0.15, 0.2) is 5.69 Å². The predicted molar refractivity (Wildman–Crippen MR) is 126 cm³/mol. The Balaban J connectivity index is 1.62. The number of esters is 1. The van der Waals surface area contributed by atoms with Crippen LogP contribution in [0.2, 0.25) is 10.0 Å². The fourth-order valence-electron chi connectivity index (χ4n) is 3.64. The first-order chi connectivity index (χ1) is 16.0. The molecule has 172 valence electrons. The molecule has 9 heteroatoms. The van der Waals surface area contributed by atoms with Crippen molar-refractivity contribution < 1.29 is 19.1 Å². The van der Waals surface area contributed by atoms with Gasteiger partial charge in [-0.25, -0.2) is 9.48 Å². The van der Waals surface area contributed by atoms with E-state index < -0.39 is 5.97 Å². The van der Waals surface area contributed by atoms with Gasteiger partial charge in [0, 0.05) is 29.3 Å². The minimum absolute atomic E-state index is 0.0743. The van der Waals surface area contributed by atoms with Crippen molar-refractivity contribution in [2.75, 3.05) is 19.8 Å². The average molecular weight is 488 g/mol. The highest BCUT2D eigenvalue weighted by Crippen LogP contribution is 2.32. The van der Waals surface area contributed by atoms with Crippen LogP contribution >= 0.6 is 23.2 Å². The van der Waals surface area contributed by atoms with E-state index in [2.05, 4.69) is 10.4 Å². The lowest BCUT2D eigenvalue weighted by atomic mass is 10.1. The highest BCUT2D eigenvalue weighted by Gasteiger charge is 2.20. The van der Waals surface area contributed by atoms with Crippen molar-refractivity contribution in [3.05, 3.63) is 69.8 Å². The second-order valence-corrected chi connectivity index (χ2v) is 8.41. The molecule has 1 aromatic heterocycles. The Labute approximate surface area is 201 Å². The molecule has 0 spiro atoms. The zero-order chi connectivity index (χ0) is 23.4. The van der Waals surface area contributed by atoms with Gasteiger partial charge in [0.1, 0.15) is 0 Å². The van der Waals surface area contributed by atoms with Gasteiger partial charge in [-0.15, -0.1) is 0 Å². The molecular formula is C24H23Cl2N3O4. The number of carbonyl (C=O) groups excluding carboxylic acids is 2. The Morgan fingerprint density at radius 2 is 1.97 bits per heavy atom. The molecule has 0 bridgehead atoms. The SMILES string of the molecule is CCOC(=O)c1cc(-c2ccc(Cl)cc2Cl)n(-c2ccc(C(=O)NC[C@H]3CCCO3)cc2)n1. The minimum atomic E-state index is -0.535. The lowest BCUT2D eigenvalue weighted by Crippen LogP contribution is -2.31. The van der Waals surface area contributed by atoms with E-state index in [1.165, 1.54) is 0 Å². The van der Waals surface area contributed by atoms with Crippen LogP contribution in [0.25, 0.3) is 16.9 Å². The normalized spacial score (nSPS) is 15.4. The van der Waals surface area contributed by atoms with Crippen LogP contribution in [0.3, 0.4) is 0 Å². The number of nitrogens with one attached hydrogen (secondary N) is 1. The number of rotatable bonds is 7. The van der Waals surface area contributed by atoms with Gasteiger partial charge in [-0.2, -0.15) is 5.10 Å². The van der Waals surface area contributed by atoms with Crippen molar-refractivity contribution in [1.82, 2.24) is 15.1 Å². The molecule has 2 aromatic carbocycles. The molecule has 1 N–H and O–H groups in total. The number of carbonyl (C=O) groups is 2. The minimum Gasteiger partial charge on any atom is -0.461 e. The monoisotopic (exact) mass is 487 g/mol. The summed E-state index contributed by atoms with van der Waals surface area (Å²) in [6.45, 7) is 3.20. The lowest BCUT2D eigenvalue weighted by Gasteiger charge is -2.12. The number of nitrogens with zero attached hydrogens (tertiary/aromatic N) is 2. The third kappa shape index (κ3) is 5.38. The first kappa shape index (κ1) is 23.3. The Morgan fingerprint density at radius 1 is 1.18 bits per heavy atom. The fourth-order valence-corrected chi connectivity index (χ4v) is 4.15. The molecule has 0 aliphatic carbocycles. The van der Waals surface area contributed by atoms with E-state index >= 15 is 0 Å². The summed E-state index contributed by atoms with van der Waals surface area (Å²) in [6.07, 6.45) is 2.05. The number of aromatic nitrogens is 2. The van der Waals surface area contributed by atoms with Gasteiger partial charge >= 0.3 is 5.97 Å². The van der Waals surface area contributed by atoms with E-state index in [1.54, 1.807) is 60.1 Å². The molecule has 0 radical (unpaired) electrons. The summed E-state index contributed by atoms with van der Waals surface area (Å²) in [4.78, 5) is 24.8. The zero-order valence-electron chi connectivity index (χ0n) is 18.0. The number of hydrogen-bond donors (Lipinski definition) is 1. The van der Waals surface area contributed by atoms with Crippen LogP contribution in [0, 0.1) is 0 Å². The van der Waals surface area contributed by atoms with Crippen LogP contribution < -0.4 is 5.32 Å². The molecule has 1 aliphatic rings. The molecular weight excluding hydrogens is 465 g/mol. The molecule has 33 heavy (non-hydrogen) atoms. The summed E-state index contributed by atoms with van der Waals surface area (Å²) in [5, 5.41) is 8.26. The van der Waals surface area contributed by atoms with E-state index in [4.69, 9.17) is 32.7 Å². The summed E-state index contributed by atoms with van der Waals surface area (Å²) in [5.74, 6) is -0.710. The molecule has 0 unspecified atom stereocenters. The Morgan fingerprint density at radius 3 is 2.64 bits per heavy atom. The Bertz CT molecular complexity index is 1160. The van der Waals surface area contributed by atoms with Crippen molar-refractivity contribution in [2.45, 2.75) is 25.9 Å². The molecule has 0 saturated carbocycles. The first-order valence-corrected chi connectivity index (χ1v) is 11.4. The van der Waals surface area contributed by atoms with Crippen molar-refractivity contribution >= 4 is 35.1 Å². The molecule has 1 aliphatic heterocycles. The number of benzene rings is 2. The van der Waals surface area contributed by atoms with Gasteiger partial charge in [0.05, 0.1) is 29.1 Å².